The first kappa shape index (κ1) is 18.0. The number of carbonyl (C=O) groups is 1. The quantitative estimate of drug-likeness (QED) is 0.460. The van der Waals surface area contributed by atoms with E-state index in [-0.39, 0.29) is 26.6 Å². The summed E-state index contributed by atoms with van der Waals surface area (Å²) in [6.07, 6.45) is 1.50. The molecule has 0 fully saturated rings. The number of quaternary nitrogens is 1. The summed E-state index contributed by atoms with van der Waals surface area (Å²) in [5.74, 6) is -1.69. The van der Waals surface area contributed by atoms with E-state index in [4.69, 9.17) is 11.6 Å². The third-order valence-electron chi connectivity index (χ3n) is 4.04. The van der Waals surface area contributed by atoms with Crippen molar-refractivity contribution in [2.75, 3.05) is 14.1 Å². The van der Waals surface area contributed by atoms with Crippen molar-refractivity contribution >= 4 is 62.7 Å². The lowest BCUT2D eigenvalue weighted by atomic mass is 10.1. The molecule has 130 valence electrons. The molecule has 2 heterocycles. The normalized spacial score (nSPS) is 11.9. The van der Waals surface area contributed by atoms with Gasteiger partial charge in [0.15, 0.2) is 22.8 Å². The number of aromatic carboxylic acids is 1. The van der Waals surface area contributed by atoms with E-state index in [0.717, 1.165) is 3.57 Å². The van der Waals surface area contributed by atoms with E-state index in [1.807, 2.05) is 22.6 Å². The zero-order chi connectivity index (χ0) is 18.5. The lowest BCUT2D eigenvalue weighted by Gasteiger charge is -2.30. The third-order valence-corrected chi connectivity index (χ3v) is 5.07. The number of benzene rings is 1. The Morgan fingerprint density at radius 2 is 2.08 bits per heavy atom. The zero-order valence-electron chi connectivity index (χ0n) is 13.6. The first-order valence-electron chi connectivity index (χ1n) is 7.18. The Kier molecular flexibility index (Phi) is 4.46. The largest absolute Gasteiger partial charge is 0.476 e. The number of pyridine rings is 1. The van der Waals surface area contributed by atoms with Gasteiger partial charge in [-0.25, -0.2) is 19.2 Å². The molecule has 9 heteroatoms. The van der Waals surface area contributed by atoms with Crippen molar-refractivity contribution in [2.45, 2.75) is 0 Å². The molecule has 0 unspecified atom stereocenters. The Morgan fingerprint density at radius 3 is 2.68 bits per heavy atom. The fraction of sp³-hybridized carbons (Fsp3) is 0.188. The minimum Gasteiger partial charge on any atom is -0.476 e. The van der Waals surface area contributed by atoms with Crippen LogP contribution in [-0.2, 0) is 7.05 Å². The number of halogens is 3. The molecule has 25 heavy (non-hydrogen) atoms. The fourth-order valence-corrected chi connectivity index (χ4v) is 3.69. The van der Waals surface area contributed by atoms with Crippen LogP contribution in [0.25, 0.3) is 11.2 Å². The lowest BCUT2D eigenvalue weighted by Crippen LogP contribution is -2.37. The highest BCUT2D eigenvalue weighted by Crippen LogP contribution is 2.42. The molecule has 3 rings (SSSR count). The molecule has 0 aliphatic rings. The molecule has 0 atom stereocenters. The van der Waals surface area contributed by atoms with E-state index in [1.165, 1.54) is 12.4 Å². The number of fused-ring (bicyclic) bond motifs is 1. The Morgan fingerprint density at radius 1 is 1.40 bits per heavy atom. The van der Waals surface area contributed by atoms with E-state index in [0.29, 0.717) is 11.2 Å². The van der Waals surface area contributed by atoms with Crippen LogP contribution < -0.4 is 4.48 Å². The molecule has 0 amide bonds. The van der Waals surface area contributed by atoms with Crippen molar-refractivity contribution in [3.63, 3.8) is 0 Å². The van der Waals surface area contributed by atoms with Crippen molar-refractivity contribution in [2.24, 2.45) is 7.05 Å². The maximum atomic E-state index is 14.6. The predicted molar refractivity (Wildman–Crippen MR) is 103 cm³/mol. The third kappa shape index (κ3) is 2.87. The molecule has 0 saturated carbocycles. The van der Waals surface area contributed by atoms with Crippen LogP contribution in [0.3, 0.4) is 0 Å². The van der Waals surface area contributed by atoms with Gasteiger partial charge in [0.2, 0.25) is 5.69 Å². The van der Waals surface area contributed by atoms with Crippen LogP contribution in [0.1, 0.15) is 10.5 Å². The smallest absolute Gasteiger partial charge is 0.360 e. The monoisotopic (exact) mass is 475 g/mol. The highest BCUT2D eigenvalue weighted by molar-refractivity contribution is 14.1. The minimum absolute atomic E-state index is 0.144. The number of hydrogen-bond donors (Lipinski definition) is 1. The number of aromatic nitrogens is 3. The Labute approximate surface area is 161 Å². The number of aryl methyl sites for hydroxylation is 1. The van der Waals surface area contributed by atoms with Crippen molar-refractivity contribution in [1.29, 1.82) is 0 Å². The number of hydrogen-bond acceptors (Lipinski definition) is 3. The van der Waals surface area contributed by atoms with E-state index in [1.54, 1.807) is 37.8 Å². The first-order valence-corrected chi connectivity index (χ1v) is 8.64. The number of nitrogens with zero attached hydrogens (tertiary/aromatic N) is 4. The van der Waals surface area contributed by atoms with Crippen LogP contribution >= 0.6 is 34.2 Å². The molecule has 0 saturated heterocycles. The first-order chi connectivity index (χ1) is 11.6. The van der Waals surface area contributed by atoms with Crippen LogP contribution in [0.2, 0.25) is 5.02 Å². The molecule has 1 aromatic carbocycles. The molecule has 1 N–H and O–H groups in total. The average molecular weight is 476 g/mol. The lowest BCUT2D eigenvalue weighted by molar-refractivity contribution is 0.0690. The van der Waals surface area contributed by atoms with Gasteiger partial charge in [-0.2, -0.15) is 0 Å². The summed E-state index contributed by atoms with van der Waals surface area (Å²) in [5.41, 5.74) is 0.960. The van der Waals surface area contributed by atoms with Crippen molar-refractivity contribution in [3.05, 3.63) is 44.6 Å². The van der Waals surface area contributed by atoms with Crippen LogP contribution in [0.4, 0.5) is 15.8 Å². The molecular formula is C16H14ClFIN4O2+. The summed E-state index contributed by atoms with van der Waals surface area (Å²) in [6, 6.07) is 4.75. The molecule has 6 nitrogen and oxygen atoms in total. The molecular weight excluding hydrogens is 462 g/mol. The van der Waals surface area contributed by atoms with E-state index in [9.17, 15) is 14.3 Å². The second-order valence-corrected chi connectivity index (χ2v) is 7.63. The van der Waals surface area contributed by atoms with Gasteiger partial charge in [-0.05, 0) is 34.7 Å². The second kappa shape index (κ2) is 6.19. The summed E-state index contributed by atoms with van der Waals surface area (Å²) in [6.45, 7) is 0. The van der Waals surface area contributed by atoms with Gasteiger partial charge in [-0.1, -0.05) is 11.6 Å². The highest BCUT2D eigenvalue weighted by atomic mass is 127. The van der Waals surface area contributed by atoms with Gasteiger partial charge >= 0.3 is 5.97 Å². The van der Waals surface area contributed by atoms with Gasteiger partial charge in [0.1, 0.15) is 10.5 Å². The molecule has 0 bridgehead atoms. The zero-order valence-corrected chi connectivity index (χ0v) is 16.5. The number of imidazole rings is 1. The number of rotatable bonds is 3. The van der Waals surface area contributed by atoms with Crippen molar-refractivity contribution < 1.29 is 14.3 Å². The number of carboxylic acid groups (broad SMARTS) is 1. The number of carboxylic acids is 1. The van der Waals surface area contributed by atoms with Crippen LogP contribution in [-0.4, -0.2) is 39.7 Å². The summed E-state index contributed by atoms with van der Waals surface area (Å²) in [4.78, 5) is 20.2. The fourth-order valence-electron chi connectivity index (χ4n) is 2.80. The molecule has 0 aliphatic heterocycles. The van der Waals surface area contributed by atoms with Gasteiger partial charge in [0.05, 0.1) is 20.4 Å². The average Bonchev–Trinajstić information content (AvgIpc) is 2.88. The summed E-state index contributed by atoms with van der Waals surface area (Å²) in [7, 11) is 5.02. The SMILES string of the molecule is Cn1cnc2c(Cl)c([N+](C)(C)c3ccc(I)cc3F)c(C(=O)O)nc21. The van der Waals surface area contributed by atoms with Gasteiger partial charge < -0.3 is 9.67 Å². The van der Waals surface area contributed by atoms with Gasteiger partial charge in [-0.15, -0.1) is 0 Å². The predicted octanol–water partition coefficient (Wildman–Crippen LogP) is 3.96. The Hall–Kier alpha value is -1.78. The van der Waals surface area contributed by atoms with Crippen molar-refractivity contribution in [1.82, 2.24) is 19.0 Å². The standard InChI is InChI=1S/C16H13ClFIN4O2/c1-22-7-20-12-11(17)14(13(16(24)25)21-15(12)22)23(2,3)10-5-4-8(19)6-9(10)18/h4-7H,1-3H3/p+1. The Balaban J connectivity index is 2.38. The topological polar surface area (TPSA) is 68.0 Å². The van der Waals surface area contributed by atoms with Crippen LogP contribution in [0.15, 0.2) is 24.5 Å². The van der Waals surface area contributed by atoms with Crippen molar-refractivity contribution in [3.8, 4) is 0 Å². The molecule has 0 radical (unpaired) electrons. The van der Waals surface area contributed by atoms with Crippen LogP contribution in [0, 0.1) is 9.39 Å². The summed E-state index contributed by atoms with van der Waals surface area (Å²) < 4.78 is 16.7. The summed E-state index contributed by atoms with van der Waals surface area (Å²) in [5, 5.41) is 9.79. The summed E-state index contributed by atoms with van der Waals surface area (Å²) >= 11 is 8.51. The molecule has 3 aromatic rings. The highest BCUT2D eigenvalue weighted by Gasteiger charge is 2.37. The second-order valence-electron chi connectivity index (χ2n) is 6.01. The van der Waals surface area contributed by atoms with E-state index in [2.05, 4.69) is 9.97 Å². The van der Waals surface area contributed by atoms with E-state index < -0.39 is 11.8 Å². The van der Waals surface area contributed by atoms with Gasteiger partial charge in [0.25, 0.3) is 0 Å². The molecule has 0 spiro atoms. The Bertz CT molecular complexity index is 1020. The van der Waals surface area contributed by atoms with Gasteiger partial charge in [0, 0.05) is 16.7 Å². The molecule has 2 aromatic heterocycles. The maximum Gasteiger partial charge on any atom is 0.360 e. The molecule has 0 aliphatic carbocycles. The van der Waals surface area contributed by atoms with E-state index >= 15 is 0 Å². The van der Waals surface area contributed by atoms with Gasteiger partial charge in [-0.3, -0.25) is 4.48 Å². The van der Waals surface area contributed by atoms with Crippen LogP contribution in [0.5, 0.6) is 0 Å². The minimum atomic E-state index is -1.24. The maximum absolute atomic E-state index is 14.6.